The third kappa shape index (κ3) is 4.91. The number of likely N-dealkylation sites (tertiary alicyclic amines) is 2. The van der Waals surface area contributed by atoms with E-state index in [1.807, 2.05) is 36.1 Å². The maximum atomic E-state index is 14.0. The largest absolute Gasteiger partial charge is 0.490 e. The molecule has 35 heavy (non-hydrogen) atoms. The van der Waals surface area contributed by atoms with Gasteiger partial charge in [0.2, 0.25) is 5.91 Å². The molecule has 2 amide bonds. The fourth-order valence-electron chi connectivity index (χ4n) is 5.36. The van der Waals surface area contributed by atoms with Crippen LogP contribution in [0, 0.1) is 6.92 Å². The maximum Gasteiger partial charge on any atom is 0.274 e. The van der Waals surface area contributed by atoms with Crippen molar-refractivity contribution in [3.63, 3.8) is 0 Å². The minimum atomic E-state index is -1.44. The van der Waals surface area contributed by atoms with Crippen LogP contribution in [0.25, 0.3) is 0 Å². The number of halogens is 1. The van der Waals surface area contributed by atoms with Gasteiger partial charge < -0.3 is 19.6 Å². The number of amides is 2. The van der Waals surface area contributed by atoms with Crippen LogP contribution >= 0.6 is 0 Å². The van der Waals surface area contributed by atoms with E-state index < -0.39 is 12.3 Å². The lowest BCUT2D eigenvalue weighted by Gasteiger charge is -2.32. The number of rotatable bonds is 5. The second-order valence-corrected chi connectivity index (χ2v) is 9.87. The van der Waals surface area contributed by atoms with E-state index in [1.165, 1.54) is 4.90 Å². The van der Waals surface area contributed by atoms with Crippen LogP contribution in [0.1, 0.15) is 53.0 Å². The van der Waals surface area contributed by atoms with E-state index in [2.05, 4.69) is 5.10 Å². The number of hydrogen-bond acceptors (Lipinski definition) is 5. The Hall–Kier alpha value is -2.94. The van der Waals surface area contributed by atoms with Gasteiger partial charge in [0.25, 0.3) is 5.91 Å². The first-order valence-corrected chi connectivity index (χ1v) is 12.6. The molecule has 0 bridgehead atoms. The van der Waals surface area contributed by atoms with Crippen molar-refractivity contribution in [2.24, 2.45) is 0 Å². The van der Waals surface area contributed by atoms with Gasteiger partial charge in [0.1, 0.15) is 24.6 Å². The average Bonchev–Trinajstić information content (AvgIpc) is 3.46. The SMILES string of the molecule is Cc1ccccc1OC1CCN(C(=O)Cn2nc(C(=O)N3CC[C@@H](O)[C@@H](F)C3)c3c2CCC3)CC1. The van der Waals surface area contributed by atoms with Crippen molar-refractivity contribution in [2.75, 3.05) is 26.2 Å². The number of aromatic nitrogens is 2. The van der Waals surface area contributed by atoms with Gasteiger partial charge in [0.05, 0.1) is 12.6 Å². The molecule has 3 heterocycles. The molecule has 1 aromatic heterocycles. The van der Waals surface area contributed by atoms with E-state index in [0.717, 1.165) is 54.7 Å². The Morgan fingerprint density at radius 3 is 2.60 bits per heavy atom. The molecule has 0 spiro atoms. The van der Waals surface area contributed by atoms with Crippen LogP contribution in [0.2, 0.25) is 0 Å². The van der Waals surface area contributed by atoms with E-state index in [9.17, 15) is 19.1 Å². The highest BCUT2D eigenvalue weighted by Crippen LogP contribution is 2.28. The molecule has 2 fully saturated rings. The average molecular weight is 485 g/mol. The maximum absolute atomic E-state index is 14.0. The summed E-state index contributed by atoms with van der Waals surface area (Å²) in [4.78, 5) is 29.5. The number of para-hydroxylation sites is 1. The molecular formula is C26H33FN4O4. The topological polar surface area (TPSA) is 87.9 Å². The van der Waals surface area contributed by atoms with Gasteiger partial charge in [0.15, 0.2) is 5.69 Å². The molecule has 1 N–H and O–H groups in total. The summed E-state index contributed by atoms with van der Waals surface area (Å²) >= 11 is 0. The van der Waals surface area contributed by atoms with E-state index in [4.69, 9.17) is 4.74 Å². The number of aryl methyl sites for hydroxylation is 1. The monoisotopic (exact) mass is 484 g/mol. The van der Waals surface area contributed by atoms with Crippen LogP contribution < -0.4 is 4.74 Å². The number of benzene rings is 1. The quantitative estimate of drug-likeness (QED) is 0.704. The van der Waals surface area contributed by atoms with Crippen molar-refractivity contribution in [3.05, 3.63) is 46.8 Å². The molecule has 2 aromatic rings. The minimum absolute atomic E-state index is 0.0135. The first kappa shape index (κ1) is 23.8. The van der Waals surface area contributed by atoms with Crippen LogP contribution in [0.3, 0.4) is 0 Å². The number of ether oxygens (including phenoxy) is 1. The first-order valence-electron chi connectivity index (χ1n) is 12.6. The van der Waals surface area contributed by atoms with E-state index >= 15 is 0 Å². The summed E-state index contributed by atoms with van der Waals surface area (Å²) in [6.45, 7) is 3.56. The van der Waals surface area contributed by atoms with Crippen LogP contribution in [0.4, 0.5) is 4.39 Å². The molecule has 3 aliphatic rings. The number of fused-ring (bicyclic) bond motifs is 1. The Morgan fingerprint density at radius 1 is 1.11 bits per heavy atom. The highest BCUT2D eigenvalue weighted by Gasteiger charge is 2.35. The highest BCUT2D eigenvalue weighted by atomic mass is 19.1. The van der Waals surface area contributed by atoms with Gasteiger partial charge in [-0.25, -0.2) is 4.39 Å². The molecule has 0 saturated carbocycles. The molecule has 9 heteroatoms. The normalized spacial score (nSPS) is 22.8. The number of aliphatic hydroxyl groups is 1. The fourth-order valence-corrected chi connectivity index (χ4v) is 5.36. The van der Waals surface area contributed by atoms with Crippen molar-refractivity contribution in [1.82, 2.24) is 19.6 Å². The molecule has 0 unspecified atom stereocenters. The third-order valence-corrected chi connectivity index (χ3v) is 7.47. The smallest absolute Gasteiger partial charge is 0.274 e. The zero-order chi connectivity index (χ0) is 24.5. The molecule has 1 aromatic carbocycles. The first-order chi connectivity index (χ1) is 16.9. The Labute approximate surface area is 204 Å². The molecule has 2 saturated heterocycles. The lowest BCUT2D eigenvalue weighted by Crippen LogP contribution is -2.47. The van der Waals surface area contributed by atoms with Gasteiger partial charge in [-0.15, -0.1) is 0 Å². The van der Waals surface area contributed by atoms with E-state index in [-0.39, 0.29) is 37.4 Å². The molecular weight excluding hydrogens is 451 g/mol. The number of nitrogens with zero attached hydrogens (tertiary/aromatic N) is 4. The summed E-state index contributed by atoms with van der Waals surface area (Å²) in [7, 11) is 0. The molecule has 2 atom stereocenters. The summed E-state index contributed by atoms with van der Waals surface area (Å²) in [6.07, 6.45) is 1.81. The minimum Gasteiger partial charge on any atom is -0.490 e. The fraction of sp³-hybridized carbons (Fsp3) is 0.577. The molecule has 1 aliphatic carbocycles. The summed E-state index contributed by atoms with van der Waals surface area (Å²) < 4.78 is 21.8. The Kier molecular flexibility index (Phi) is 6.77. The highest BCUT2D eigenvalue weighted by molar-refractivity contribution is 5.94. The van der Waals surface area contributed by atoms with Crippen LogP contribution in [-0.2, 0) is 24.2 Å². The summed E-state index contributed by atoms with van der Waals surface area (Å²) in [5, 5.41) is 14.2. The van der Waals surface area contributed by atoms with Crippen LogP contribution in [0.5, 0.6) is 5.75 Å². The van der Waals surface area contributed by atoms with Crippen molar-refractivity contribution in [3.8, 4) is 5.75 Å². The van der Waals surface area contributed by atoms with Gasteiger partial charge in [-0.05, 0) is 44.2 Å². The number of piperidine rings is 2. The molecule has 5 rings (SSSR count). The van der Waals surface area contributed by atoms with Gasteiger partial charge in [-0.2, -0.15) is 5.10 Å². The zero-order valence-electron chi connectivity index (χ0n) is 20.2. The predicted octanol–water partition coefficient (Wildman–Crippen LogP) is 2.30. The van der Waals surface area contributed by atoms with Crippen molar-refractivity contribution >= 4 is 11.8 Å². The number of hydrogen-bond donors (Lipinski definition) is 1. The second kappa shape index (κ2) is 9.97. The Bertz CT molecular complexity index is 1100. The summed E-state index contributed by atoms with van der Waals surface area (Å²) in [6, 6.07) is 7.96. The van der Waals surface area contributed by atoms with Gasteiger partial charge in [-0.1, -0.05) is 18.2 Å². The molecule has 188 valence electrons. The van der Waals surface area contributed by atoms with Crippen LogP contribution in [0.15, 0.2) is 24.3 Å². The summed E-state index contributed by atoms with van der Waals surface area (Å²) in [5.74, 6) is 0.572. The van der Waals surface area contributed by atoms with Crippen molar-refractivity contribution < 1.29 is 23.8 Å². The van der Waals surface area contributed by atoms with Crippen LogP contribution in [-0.4, -0.2) is 81.1 Å². The second-order valence-electron chi connectivity index (χ2n) is 9.87. The number of aliphatic hydroxyl groups excluding tert-OH is 1. The van der Waals surface area contributed by atoms with E-state index in [1.54, 1.807) is 4.68 Å². The molecule has 8 nitrogen and oxygen atoms in total. The Balaban J connectivity index is 1.21. The number of carbonyl (C=O) groups is 2. The number of carbonyl (C=O) groups excluding carboxylic acids is 2. The van der Waals surface area contributed by atoms with Gasteiger partial charge >= 0.3 is 0 Å². The summed E-state index contributed by atoms with van der Waals surface area (Å²) in [5.41, 5.74) is 3.26. The van der Waals surface area contributed by atoms with Gasteiger partial charge in [-0.3, -0.25) is 14.3 Å². The lowest BCUT2D eigenvalue weighted by atomic mass is 10.1. The lowest BCUT2D eigenvalue weighted by molar-refractivity contribution is -0.133. The third-order valence-electron chi connectivity index (χ3n) is 7.47. The Morgan fingerprint density at radius 2 is 1.86 bits per heavy atom. The molecule has 0 radical (unpaired) electrons. The van der Waals surface area contributed by atoms with Crippen molar-refractivity contribution in [1.29, 1.82) is 0 Å². The van der Waals surface area contributed by atoms with Gasteiger partial charge in [0, 0.05) is 43.7 Å². The van der Waals surface area contributed by atoms with Crippen molar-refractivity contribution in [2.45, 2.75) is 70.4 Å². The zero-order valence-corrected chi connectivity index (χ0v) is 20.2. The predicted molar refractivity (Wildman–Crippen MR) is 127 cm³/mol. The van der Waals surface area contributed by atoms with E-state index in [0.29, 0.717) is 25.3 Å². The number of alkyl halides is 1. The standard InChI is InChI=1S/C26H33FN4O4/c1-17-5-2-3-8-23(17)35-18-9-12-29(13-10-18)24(33)16-31-21-7-4-6-19(21)25(28-31)26(34)30-14-11-22(32)20(27)15-30/h2-3,5,8,18,20,22,32H,4,6-7,9-16H2,1H3/t20-,22+/m0/s1. The molecule has 2 aliphatic heterocycles.